The number of hydrogen-bond acceptors (Lipinski definition) is 7. The van der Waals surface area contributed by atoms with Crippen LogP contribution in [0.5, 0.6) is 5.75 Å². The summed E-state index contributed by atoms with van der Waals surface area (Å²) < 4.78 is 39.1. The Hall–Kier alpha value is -3.54. The molecule has 2 N–H and O–H groups in total. The summed E-state index contributed by atoms with van der Waals surface area (Å²) in [5.41, 5.74) is 1.05. The number of alkyl halides is 1. The summed E-state index contributed by atoms with van der Waals surface area (Å²) in [7, 11) is 1.59. The van der Waals surface area contributed by atoms with Crippen LogP contribution in [-0.4, -0.2) is 67.1 Å². The zero-order valence-corrected chi connectivity index (χ0v) is 23.6. The van der Waals surface area contributed by atoms with Crippen molar-refractivity contribution in [2.24, 2.45) is 5.41 Å². The van der Waals surface area contributed by atoms with Gasteiger partial charge in [-0.15, -0.1) is 11.6 Å². The maximum Gasteiger partial charge on any atom is 0.289 e. The predicted molar refractivity (Wildman–Crippen MR) is 151 cm³/mol. The van der Waals surface area contributed by atoms with Crippen molar-refractivity contribution < 1.29 is 27.8 Å². The van der Waals surface area contributed by atoms with Crippen molar-refractivity contribution in [1.29, 1.82) is 0 Å². The molecule has 41 heavy (non-hydrogen) atoms. The van der Waals surface area contributed by atoms with Gasteiger partial charge in [-0.05, 0) is 43.2 Å². The summed E-state index contributed by atoms with van der Waals surface area (Å²) in [6.07, 6.45) is 2.85. The van der Waals surface area contributed by atoms with Crippen LogP contribution >= 0.6 is 23.2 Å². The number of carbonyl (C=O) groups is 2. The molecule has 216 valence electrons. The van der Waals surface area contributed by atoms with Crippen LogP contribution in [0.2, 0.25) is 5.02 Å². The average molecular weight is 606 g/mol. The first-order valence-corrected chi connectivity index (χ1v) is 13.8. The molecule has 2 aliphatic heterocycles. The lowest BCUT2D eigenvalue weighted by molar-refractivity contribution is -0.120. The molecule has 5 rings (SSSR count). The monoisotopic (exact) mass is 605 g/mol. The fraction of sp³-hybridized carbons (Fsp3) is 0.357. The molecular formula is C28H27Cl2F2N5O4. The van der Waals surface area contributed by atoms with Gasteiger partial charge in [0, 0.05) is 55.4 Å². The van der Waals surface area contributed by atoms with E-state index >= 15 is 0 Å². The Labute approximate surface area is 245 Å². The molecule has 0 aliphatic carbocycles. The third-order valence-corrected chi connectivity index (χ3v) is 8.14. The first-order valence-electron chi connectivity index (χ1n) is 12.9. The van der Waals surface area contributed by atoms with Crippen LogP contribution in [0, 0.1) is 17.0 Å². The second-order valence-corrected chi connectivity index (χ2v) is 10.7. The molecule has 13 heteroatoms. The van der Waals surface area contributed by atoms with Crippen molar-refractivity contribution in [3.8, 4) is 17.0 Å². The Kier molecular flexibility index (Phi) is 8.58. The van der Waals surface area contributed by atoms with Gasteiger partial charge in [-0.3, -0.25) is 9.59 Å². The normalized spacial score (nSPS) is 18.2. The summed E-state index contributed by atoms with van der Waals surface area (Å²) in [5.74, 6) is -2.26. The van der Waals surface area contributed by atoms with E-state index in [-0.39, 0.29) is 34.1 Å². The lowest BCUT2D eigenvalue weighted by atomic mass is 9.82. The zero-order chi connectivity index (χ0) is 29.1. The van der Waals surface area contributed by atoms with Crippen LogP contribution in [0.1, 0.15) is 23.5 Å². The van der Waals surface area contributed by atoms with E-state index in [9.17, 15) is 18.4 Å². The number of hydrogen-bond donors (Lipinski definition) is 2. The quantitative estimate of drug-likeness (QED) is 0.377. The summed E-state index contributed by atoms with van der Waals surface area (Å²) in [4.78, 5) is 35.8. The van der Waals surface area contributed by atoms with Crippen LogP contribution in [-0.2, 0) is 9.53 Å². The highest BCUT2D eigenvalue weighted by Crippen LogP contribution is 2.36. The SMILES string of the molecule is CN1C(=O)C(NC(=O)c2ncc(Cl)c(-c3ccc(F)cc3F)n2)COc2ccc(NCC3(CCl)CCOCC3)cc21. The number of nitrogens with one attached hydrogen (secondary N) is 2. The fourth-order valence-corrected chi connectivity index (χ4v) is 5.29. The van der Waals surface area contributed by atoms with Crippen LogP contribution < -0.4 is 20.3 Å². The van der Waals surface area contributed by atoms with Gasteiger partial charge in [0.15, 0.2) is 0 Å². The minimum absolute atomic E-state index is 0.0330. The smallest absolute Gasteiger partial charge is 0.289 e. The first-order chi connectivity index (χ1) is 19.7. The van der Waals surface area contributed by atoms with Gasteiger partial charge >= 0.3 is 0 Å². The highest BCUT2D eigenvalue weighted by Gasteiger charge is 2.33. The molecule has 2 aliphatic rings. The van der Waals surface area contributed by atoms with E-state index in [1.54, 1.807) is 13.1 Å². The lowest BCUT2D eigenvalue weighted by Crippen LogP contribution is -2.49. The number of likely N-dealkylation sites (N-methyl/N-ethyl adjacent to an activating group) is 1. The number of anilines is 2. The lowest BCUT2D eigenvalue weighted by Gasteiger charge is -2.36. The number of fused-ring (bicyclic) bond motifs is 1. The molecule has 2 aromatic carbocycles. The van der Waals surface area contributed by atoms with Crippen molar-refractivity contribution in [3.05, 3.63) is 65.1 Å². The number of aromatic nitrogens is 2. The topological polar surface area (TPSA) is 106 Å². The Morgan fingerprint density at radius 1 is 1.20 bits per heavy atom. The standard InChI is InChI=1S/C28H27Cl2F2N5O4/c1-37-22-11-17(34-15-28(14-29)6-8-40-9-7-28)3-5-23(22)41-13-21(27(37)39)35-26(38)25-33-12-19(30)24(36-25)18-4-2-16(31)10-20(18)32/h2-5,10-12,21,34H,6-9,13-15H2,1H3,(H,35,38). The molecule has 0 radical (unpaired) electrons. The van der Waals surface area contributed by atoms with Crippen molar-refractivity contribution in [1.82, 2.24) is 15.3 Å². The third kappa shape index (κ3) is 6.22. The van der Waals surface area contributed by atoms with Gasteiger partial charge < -0.3 is 25.0 Å². The molecule has 0 saturated carbocycles. The number of carbonyl (C=O) groups excluding carboxylic acids is 2. The number of benzene rings is 2. The van der Waals surface area contributed by atoms with Gasteiger partial charge in [-0.2, -0.15) is 0 Å². The number of halogens is 4. The van der Waals surface area contributed by atoms with Gasteiger partial charge in [0.25, 0.3) is 11.8 Å². The predicted octanol–water partition coefficient (Wildman–Crippen LogP) is 4.68. The Bertz CT molecular complexity index is 1470. The Morgan fingerprint density at radius 2 is 1.98 bits per heavy atom. The maximum atomic E-state index is 14.4. The van der Waals surface area contributed by atoms with Crippen molar-refractivity contribution in [2.75, 3.05) is 49.5 Å². The molecule has 3 heterocycles. The second kappa shape index (κ2) is 12.1. The van der Waals surface area contributed by atoms with Crippen LogP contribution in [0.4, 0.5) is 20.2 Å². The van der Waals surface area contributed by atoms with E-state index in [1.165, 1.54) is 4.90 Å². The van der Waals surface area contributed by atoms with Crippen molar-refractivity contribution in [3.63, 3.8) is 0 Å². The van der Waals surface area contributed by atoms with Gasteiger partial charge in [0.1, 0.15) is 30.0 Å². The Morgan fingerprint density at radius 3 is 2.71 bits per heavy atom. The molecule has 1 saturated heterocycles. The van der Waals surface area contributed by atoms with Gasteiger partial charge in [-0.1, -0.05) is 11.6 Å². The largest absolute Gasteiger partial charge is 0.489 e. The molecule has 0 bridgehead atoms. The van der Waals surface area contributed by atoms with E-state index in [1.807, 2.05) is 12.1 Å². The molecule has 1 fully saturated rings. The van der Waals surface area contributed by atoms with E-state index in [2.05, 4.69) is 20.6 Å². The summed E-state index contributed by atoms with van der Waals surface area (Å²) in [5, 5.41) is 5.98. The molecule has 1 aromatic heterocycles. The van der Waals surface area contributed by atoms with Gasteiger partial charge in [0.05, 0.1) is 22.6 Å². The van der Waals surface area contributed by atoms with E-state index in [0.717, 1.165) is 36.9 Å². The zero-order valence-electron chi connectivity index (χ0n) is 22.1. The van der Waals surface area contributed by atoms with Crippen molar-refractivity contribution >= 4 is 46.4 Å². The Balaban J connectivity index is 1.30. The molecule has 2 amide bonds. The number of ether oxygens (including phenoxy) is 2. The molecule has 0 spiro atoms. The minimum Gasteiger partial charge on any atom is -0.489 e. The average Bonchev–Trinajstić information content (AvgIpc) is 3.09. The first kappa shape index (κ1) is 29.0. The highest BCUT2D eigenvalue weighted by molar-refractivity contribution is 6.33. The second-order valence-electron chi connectivity index (χ2n) is 10.0. The maximum absolute atomic E-state index is 14.4. The molecule has 1 unspecified atom stereocenters. The summed E-state index contributed by atoms with van der Waals surface area (Å²) >= 11 is 12.4. The van der Waals surface area contributed by atoms with Crippen LogP contribution in [0.25, 0.3) is 11.3 Å². The van der Waals surface area contributed by atoms with E-state index in [0.29, 0.717) is 43.1 Å². The van der Waals surface area contributed by atoms with E-state index < -0.39 is 29.5 Å². The molecule has 1 atom stereocenters. The van der Waals surface area contributed by atoms with Gasteiger partial charge in [0.2, 0.25) is 5.82 Å². The van der Waals surface area contributed by atoms with Crippen molar-refractivity contribution in [2.45, 2.75) is 18.9 Å². The van der Waals surface area contributed by atoms with Crippen LogP contribution in [0.15, 0.2) is 42.6 Å². The number of amides is 2. The number of nitrogens with zero attached hydrogens (tertiary/aromatic N) is 3. The van der Waals surface area contributed by atoms with Gasteiger partial charge in [-0.25, -0.2) is 18.7 Å². The molecule has 3 aromatic rings. The number of rotatable bonds is 7. The summed E-state index contributed by atoms with van der Waals surface area (Å²) in [6, 6.07) is 7.26. The minimum atomic E-state index is -1.07. The third-order valence-electron chi connectivity index (χ3n) is 7.30. The van der Waals surface area contributed by atoms with Crippen LogP contribution in [0.3, 0.4) is 0 Å². The molecular weight excluding hydrogens is 579 g/mol. The summed E-state index contributed by atoms with van der Waals surface area (Å²) in [6.45, 7) is 1.85. The fourth-order valence-electron chi connectivity index (χ4n) is 4.73. The highest BCUT2D eigenvalue weighted by atomic mass is 35.5. The van der Waals surface area contributed by atoms with E-state index in [4.69, 9.17) is 32.7 Å². The molecule has 9 nitrogen and oxygen atoms in total.